The van der Waals surface area contributed by atoms with E-state index in [0.717, 1.165) is 35.7 Å². The molecule has 2 heterocycles. The van der Waals surface area contributed by atoms with Crippen LogP contribution >= 0.6 is 0 Å². The molecule has 0 spiro atoms. The molecule has 2 atom stereocenters. The Bertz CT molecular complexity index is 810. The Labute approximate surface area is 134 Å². The van der Waals surface area contributed by atoms with Crippen molar-refractivity contribution in [3.8, 4) is 0 Å². The van der Waals surface area contributed by atoms with Gasteiger partial charge in [-0.3, -0.25) is 4.79 Å². The van der Waals surface area contributed by atoms with Gasteiger partial charge >= 0.3 is 6.09 Å². The topological polar surface area (TPSA) is 62.4 Å². The van der Waals surface area contributed by atoms with Gasteiger partial charge in [0.05, 0.1) is 24.3 Å². The fourth-order valence-electron chi connectivity index (χ4n) is 4.52. The lowest BCUT2D eigenvalue weighted by Crippen LogP contribution is -2.48. The highest BCUT2D eigenvalue weighted by Gasteiger charge is 2.58. The van der Waals surface area contributed by atoms with Crippen molar-refractivity contribution in [2.75, 3.05) is 13.7 Å². The second-order valence-corrected chi connectivity index (χ2v) is 6.47. The summed E-state index contributed by atoms with van der Waals surface area (Å²) in [5, 5.41) is 1.03. The van der Waals surface area contributed by atoms with E-state index in [-0.39, 0.29) is 17.9 Å². The number of aromatic amines is 1. The standard InChI is InChI=1S/C18H20N2O3/c1-3-18-9-6-10-20(17(22)23-2)15(18)13-11-7-4-5-8-12(11)19-14(13)16(18)21/h4-5,7-8,15,19H,3,6,9-10H2,1-2H3/t15-,18-/m0/s1. The van der Waals surface area contributed by atoms with Crippen molar-refractivity contribution < 1.29 is 14.3 Å². The molecule has 0 radical (unpaired) electrons. The van der Waals surface area contributed by atoms with Crippen molar-refractivity contribution in [3.05, 3.63) is 35.5 Å². The van der Waals surface area contributed by atoms with Gasteiger partial charge in [-0.1, -0.05) is 25.1 Å². The maximum Gasteiger partial charge on any atom is 0.410 e. The Hall–Kier alpha value is -2.30. The van der Waals surface area contributed by atoms with Crippen molar-refractivity contribution in [3.63, 3.8) is 0 Å². The van der Waals surface area contributed by atoms with E-state index in [9.17, 15) is 9.59 Å². The Morgan fingerprint density at radius 3 is 2.96 bits per heavy atom. The highest BCUT2D eigenvalue weighted by Crippen LogP contribution is 2.57. The molecule has 4 rings (SSSR count). The van der Waals surface area contributed by atoms with Gasteiger partial charge in [-0.2, -0.15) is 0 Å². The zero-order chi connectivity index (χ0) is 16.2. The van der Waals surface area contributed by atoms with Crippen LogP contribution in [0.3, 0.4) is 0 Å². The number of likely N-dealkylation sites (tertiary alicyclic amines) is 1. The number of hydrogen-bond donors (Lipinski definition) is 1. The maximum atomic E-state index is 13.2. The van der Waals surface area contributed by atoms with Crippen LogP contribution in [0.15, 0.2) is 24.3 Å². The summed E-state index contributed by atoms with van der Waals surface area (Å²) in [6.07, 6.45) is 2.02. The average molecular weight is 312 g/mol. The van der Waals surface area contributed by atoms with Crippen LogP contribution in [0.4, 0.5) is 4.79 Å². The molecule has 23 heavy (non-hydrogen) atoms. The summed E-state index contributed by atoms with van der Waals surface area (Å²) in [7, 11) is 1.40. The van der Waals surface area contributed by atoms with Crippen LogP contribution in [0.5, 0.6) is 0 Å². The third-order valence-corrected chi connectivity index (χ3v) is 5.60. The molecule has 5 heteroatoms. The fraction of sp³-hybridized carbons (Fsp3) is 0.444. The third kappa shape index (κ3) is 1.68. The number of piperidine rings is 1. The molecule has 120 valence electrons. The smallest absolute Gasteiger partial charge is 0.410 e. The average Bonchev–Trinajstić information content (AvgIpc) is 3.08. The van der Waals surface area contributed by atoms with Gasteiger partial charge in [-0.25, -0.2) is 4.79 Å². The van der Waals surface area contributed by atoms with E-state index in [1.54, 1.807) is 4.90 Å². The maximum absolute atomic E-state index is 13.2. The van der Waals surface area contributed by atoms with Crippen LogP contribution < -0.4 is 0 Å². The number of nitrogens with one attached hydrogen (secondary N) is 1. The number of carbonyl (C=O) groups excluding carboxylic acids is 2. The molecule has 5 nitrogen and oxygen atoms in total. The number of rotatable bonds is 1. The predicted molar refractivity (Wildman–Crippen MR) is 86.4 cm³/mol. The first-order valence-corrected chi connectivity index (χ1v) is 8.14. The number of ether oxygens (including phenoxy) is 1. The summed E-state index contributed by atoms with van der Waals surface area (Å²) < 4.78 is 4.99. The van der Waals surface area contributed by atoms with E-state index in [1.807, 2.05) is 31.2 Å². The molecule has 1 aliphatic carbocycles. The molecular weight excluding hydrogens is 292 g/mol. The molecule has 1 aliphatic heterocycles. The molecule has 1 N–H and O–H groups in total. The first-order chi connectivity index (χ1) is 11.1. The summed E-state index contributed by atoms with van der Waals surface area (Å²) in [5.41, 5.74) is 2.08. The molecule has 0 unspecified atom stereocenters. The number of carbonyl (C=O) groups is 2. The van der Waals surface area contributed by atoms with Crippen LogP contribution in [0.1, 0.15) is 48.3 Å². The van der Waals surface area contributed by atoms with Crippen molar-refractivity contribution in [1.82, 2.24) is 9.88 Å². The van der Waals surface area contributed by atoms with E-state index in [4.69, 9.17) is 4.74 Å². The lowest BCUT2D eigenvalue weighted by atomic mass is 9.71. The van der Waals surface area contributed by atoms with Gasteiger partial charge in [0.1, 0.15) is 0 Å². The summed E-state index contributed by atoms with van der Waals surface area (Å²) in [6.45, 7) is 2.67. The highest BCUT2D eigenvalue weighted by atomic mass is 16.5. The fourth-order valence-corrected chi connectivity index (χ4v) is 4.52. The van der Waals surface area contributed by atoms with Gasteiger partial charge in [-0.05, 0) is 25.3 Å². The first-order valence-electron chi connectivity index (χ1n) is 8.14. The van der Waals surface area contributed by atoms with Crippen LogP contribution in [-0.4, -0.2) is 35.4 Å². The Balaban J connectivity index is 1.98. The second-order valence-electron chi connectivity index (χ2n) is 6.47. The Morgan fingerprint density at radius 2 is 2.22 bits per heavy atom. The number of methoxy groups -OCH3 is 1. The van der Waals surface area contributed by atoms with Gasteiger partial charge in [0.2, 0.25) is 0 Å². The number of para-hydroxylation sites is 1. The molecule has 1 aromatic heterocycles. The third-order valence-electron chi connectivity index (χ3n) is 5.60. The van der Waals surface area contributed by atoms with E-state index >= 15 is 0 Å². The number of nitrogens with zero attached hydrogens (tertiary/aromatic N) is 1. The molecule has 1 fully saturated rings. The minimum absolute atomic E-state index is 0.143. The SMILES string of the molecule is CC[C@]12CCCN(C(=O)OC)[C@H]1c1c([nH]c3ccccc13)C2=O. The van der Waals surface area contributed by atoms with Crippen molar-refractivity contribution in [1.29, 1.82) is 0 Å². The minimum atomic E-state index is -0.516. The van der Waals surface area contributed by atoms with E-state index in [0.29, 0.717) is 12.2 Å². The van der Waals surface area contributed by atoms with Crippen molar-refractivity contribution in [2.45, 2.75) is 32.2 Å². The quantitative estimate of drug-likeness (QED) is 0.874. The number of H-pyrrole nitrogens is 1. The van der Waals surface area contributed by atoms with Gasteiger partial charge in [0.15, 0.2) is 5.78 Å². The molecule has 1 saturated heterocycles. The zero-order valence-electron chi connectivity index (χ0n) is 13.4. The molecule has 0 saturated carbocycles. The van der Waals surface area contributed by atoms with E-state index in [1.165, 1.54) is 7.11 Å². The number of benzene rings is 1. The largest absolute Gasteiger partial charge is 0.453 e. The Morgan fingerprint density at radius 1 is 1.43 bits per heavy atom. The summed E-state index contributed by atoms with van der Waals surface area (Å²) in [6, 6.07) is 7.68. The highest BCUT2D eigenvalue weighted by molar-refractivity contribution is 6.10. The van der Waals surface area contributed by atoms with E-state index in [2.05, 4.69) is 4.98 Å². The summed E-state index contributed by atoms with van der Waals surface area (Å²) >= 11 is 0. The van der Waals surface area contributed by atoms with Crippen LogP contribution in [0.2, 0.25) is 0 Å². The second kappa shape index (κ2) is 4.85. The molecule has 1 amide bonds. The lowest BCUT2D eigenvalue weighted by Gasteiger charge is -2.44. The first kappa shape index (κ1) is 14.3. The molecule has 1 aromatic carbocycles. The monoisotopic (exact) mass is 312 g/mol. The molecule has 2 aromatic rings. The number of fused-ring (bicyclic) bond motifs is 5. The van der Waals surface area contributed by atoms with Crippen molar-refractivity contribution in [2.24, 2.45) is 5.41 Å². The van der Waals surface area contributed by atoms with E-state index < -0.39 is 5.41 Å². The molecular formula is C18H20N2O3. The van der Waals surface area contributed by atoms with Gasteiger partial charge < -0.3 is 14.6 Å². The number of Topliss-reactive ketones (excluding diaryl/α,β-unsaturated/α-hetero) is 1. The Kier molecular flexibility index (Phi) is 3.01. The van der Waals surface area contributed by atoms with Crippen LogP contribution in [0.25, 0.3) is 10.9 Å². The van der Waals surface area contributed by atoms with Gasteiger partial charge in [0, 0.05) is 23.0 Å². The number of amides is 1. The van der Waals surface area contributed by atoms with Gasteiger partial charge in [0.25, 0.3) is 0 Å². The predicted octanol–water partition coefficient (Wildman–Crippen LogP) is 3.66. The number of ketones is 1. The summed E-state index contributed by atoms with van der Waals surface area (Å²) in [4.78, 5) is 30.6. The minimum Gasteiger partial charge on any atom is -0.453 e. The molecule has 0 bridgehead atoms. The van der Waals surface area contributed by atoms with Gasteiger partial charge in [-0.15, -0.1) is 0 Å². The molecule has 2 aliphatic rings. The lowest BCUT2D eigenvalue weighted by molar-refractivity contribution is 0.0212. The number of hydrogen-bond acceptors (Lipinski definition) is 3. The van der Waals surface area contributed by atoms with Crippen LogP contribution in [-0.2, 0) is 4.74 Å². The number of aromatic nitrogens is 1. The van der Waals surface area contributed by atoms with Crippen molar-refractivity contribution >= 4 is 22.8 Å². The zero-order valence-corrected chi connectivity index (χ0v) is 13.4. The van der Waals surface area contributed by atoms with Crippen LogP contribution in [0, 0.1) is 5.41 Å². The normalized spacial score (nSPS) is 26.3. The summed E-state index contributed by atoms with van der Waals surface area (Å²) in [5.74, 6) is 0.143.